The van der Waals surface area contributed by atoms with Crippen molar-refractivity contribution in [2.45, 2.75) is 20.8 Å². The minimum Gasteiger partial charge on any atom is -0.370 e. The van der Waals surface area contributed by atoms with Crippen molar-refractivity contribution in [3.05, 3.63) is 29.3 Å². The number of carbonyl (C=O) groups excluding carboxylic acids is 1. The molecule has 3 N–H and O–H groups in total. The first-order valence-corrected chi connectivity index (χ1v) is 5.88. The molecule has 1 aromatic carbocycles. The Morgan fingerprint density at radius 3 is 2.44 bits per heavy atom. The van der Waals surface area contributed by atoms with Gasteiger partial charge in [0.2, 0.25) is 0 Å². The smallest absolute Gasteiger partial charge is 0.328 e. The third kappa shape index (κ3) is 3.23. The normalized spacial score (nSPS) is 11.2. The maximum absolute atomic E-state index is 12.0. The first-order chi connectivity index (χ1) is 8.47. The summed E-state index contributed by atoms with van der Waals surface area (Å²) in [6.45, 7) is 6.33. The predicted molar refractivity (Wildman–Crippen MR) is 75.0 cm³/mol. The molecular formula is C13H20N4O. The van der Waals surface area contributed by atoms with Crippen LogP contribution in [0.15, 0.2) is 23.2 Å². The summed E-state index contributed by atoms with van der Waals surface area (Å²) >= 11 is 0. The van der Waals surface area contributed by atoms with E-state index in [0.29, 0.717) is 6.54 Å². The molecule has 0 aliphatic heterocycles. The van der Waals surface area contributed by atoms with Crippen LogP contribution in [0.1, 0.15) is 18.1 Å². The van der Waals surface area contributed by atoms with Gasteiger partial charge >= 0.3 is 6.03 Å². The van der Waals surface area contributed by atoms with E-state index in [4.69, 9.17) is 5.73 Å². The molecule has 0 aliphatic carbocycles. The average Bonchev–Trinajstić information content (AvgIpc) is 2.28. The zero-order valence-electron chi connectivity index (χ0n) is 11.3. The van der Waals surface area contributed by atoms with E-state index < -0.39 is 0 Å². The number of benzene rings is 1. The van der Waals surface area contributed by atoms with E-state index in [-0.39, 0.29) is 12.0 Å². The summed E-state index contributed by atoms with van der Waals surface area (Å²) in [7, 11) is 1.71. The highest BCUT2D eigenvalue weighted by atomic mass is 16.2. The number of anilines is 1. The number of nitrogens with two attached hydrogens (primary N) is 1. The molecule has 98 valence electrons. The number of amides is 2. The van der Waals surface area contributed by atoms with Crippen molar-refractivity contribution >= 4 is 17.7 Å². The maximum atomic E-state index is 12.0. The van der Waals surface area contributed by atoms with E-state index in [9.17, 15) is 4.79 Å². The van der Waals surface area contributed by atoms with E-state index >= 15 is 0 Å². The Morgan fingerprint density at radius 1 is 1.39 bits per heavy atom. The number of para-hydroxylation sites is 1. The second-order valence-electron chi connectivity index (χ2n) is 4.09. The fraction of sp³-hybridized carbons (Fsp3) is 0.385. The monoisotopic (exact) mass is 248 g/mol. The Labute approximate surface area is 108 Å². The number of nitrogens with one attached hydrogen (secondary N) is 1. The lowest BCUT2D eigenvalue weighted by atomic mass is 10.1. The summed E-state index contributed by atoms with van der Waals surface area (Å²) in [4.78, 5) is 17.5. The highest BCUT2D eigenvalue weighted by Gasteiger charge is 2.15. The molecule has 0 unspecified atom stereocenters. The van der Waals surface area contributed by atoms with Crippen molar-refractivity contribution in [2.75, 3.05) is 18.5 Å². The minimum atomic E-state index is -0.290. The summed E-state index contributed by atoms with van der Waals surface area (Å²) in [5.41, 5.74) is 8.54. The third-order valence-corrected chi connectivity index (χ3v) is 2.64. The quantitative estimate of drug-likeness (QED) is 0.618. The van der Waals surface area contributed by atoms with Crippen LogP contribution in [0.4, 0.5) is 10.5 Å². The maximum Gasteiger partial charge on any atom is 0.328 e. The van der Waals surface area contributed by atoms with Crippen LogP contribution >= 0.6 is 0 Å². The average molecular weight is 248 g/mol. The van der Waals surface area contributed by atoms with Crippen molar-refractivity contribution < 1.29 is 4.79 Å². The number of nitrogens with zero attached hydrogens (tertiary/aromatic N) is 2. The molecule has 5 heteroatoms. The molecule has 0 heterocycles. The molecule has 0 atom stereocenters. The Kier molecular flexibility index (Phi) is 4.71. The third-order valence-electron chi connectivity index (χ3n) is 2.64. The first-order valence-electron chi connectivity index (χ1n) is 5.88. The Bertz CT molecular complexity index is 448. The van der Waals surface area contributed by atoms with Crippen molar-refractivity contribution in [1.29, 1.82) is 0 Å². The molecule has 0 saturated heterocycles. The van der Waals surface area contributed by atoms with Crippen LogP contribution in [0.3, 0.4) is 0 Å². The zero-order chi connectivity index (χ0) is 13.7. The number of hydrogen-bond acceptors (Lipinski definition) is 2. The number of guanidine groups is 1. The van der Waals surface area contributed by atoms with Gasteiger partial charge in [-0.05, 0) is 31.9 Å². The fourth-order valence-electron chi connectivity index (χ4n) is 1.84. The van der Waals surface area contributed by atoms with E-state index in [1.54, 1.807) is 11.9 Å². The predicted octanol–water partition coefficient (Wildman–Crippen LogP) is 1.78. The van der Waals surface area contributed by atoms with Crippen LogP contribution in [-0.2, 0) is 0 Å². The fourth-order valence-corrected chi connectivity index (χ4v) is 1.84. The van der Waals surface area contributed by atoms with Crippen LogP contribution in [0.5, 0.6) is 0 Å². The number of urea groups is 1. The highest BCUT2D eigenvalue weighted by Crippen LogP contribution is 2.23. The number of carbonyl (C=O) groups is 1. The van der Waals surface area contributed by atoms with E-state index in [2.05, 4.69) is 10.3 Å². The number of aryl methyl sites for hydroxylation is 2. The molecule has 2 amide bonds. The van der Waals surface area contributed by atoms with Gasteiger partial charge in [-0.15, -0.1) is 0 Å². The Balaban J connectivity index is 2.90. The summed E-state index contributed by atoms with van der Waals surface area (Å²) in [6.07, 6.45) is 0. The summed E-state index contributed by atoms with van der Waals surface area (Å²) < 4.78 is 0. The Morgan fingerprint density at radius 2 is 1.94 bits per heavy atom. The second-order valence-corrected chi connectivity index (χ2v) is 4.09. The molecule has 5 nitrogen and oxygen atoms in total. The number of aliphatic imine (C=N–C) groups is 1. The lowest BCUT2D eigenvalue weighted by molar-refractivity contribution is 0.251. The molecule has 0 spiro atoms. The molecule has 0 radical (unpaired) electrons. The molecule has 1 aromatic rings. The number of rotatable bonds is 2. The summed E-state index contributed by atoms with van der Waals surface area (Å²) in [5, 5.41) is 2.55. The van der Waals surface area contributed by atoms with Crippen LogP contribution in [0.25, 0.3) is 0 Å². The van der Waals surface area contributed by atoms with Gasteiger partial charge in [-0.25, -0.2) is 4.79 Å². The topological polar surface area (TPSA) is 70.7 Å². The SMILES string of the molecule is CCN=C(N)NC(=O)N(C)c1c(C)cccc1C. The van der Waals surface area contributed by atoms with Gasteiger partial charge in [0.05, 0.1) is 5.69 Å². The van der Waals surface area contributed by atoms with Crippen LogP contribution in [0.2, 0.25) is 0 Å². The van der Waals surface area contributed by atoms with Gasteiger partial charge in [0, 0.05) is 13.6 Å². The van der Waals surface area contributed by atoms with E-state index in [1.807, 2.05) is 39.0 Å². The van der Waals surface area contributed by atoms with Crippen molar-refractivity contribution in [1.82, 2.24) is 5.32 Å². The molecule has 0 saturated carbocycles. The molecule has 18 heavy (non-hydrogen) atoms. The highest BCUT2D eigenvalue weighted by molar-refractivity contribution is 6.03. The van der Waals surface area contributed by atoms with E-state index in [0.717, 1.165) is 16.8 Å². The first kappa shape index (κ1) is 14.0. The molecule has 0 fully saturated rings. The summed E-state index contributed by atoms with van der Waals surface area (Å²) in [5.74, 6) is 0.139. The van der Waals surface area contributed by atoms with Crippen molar-refractivity contribution in [2.24, 2.45) is 10.7 Å². The van der Waals surface area contributed by atoms with Crippen LogP contribution in [0, 0.1) is 13.8 Å². The van der Waals surface area contributed by atoms with Gasteiger partial charge in [0.15, 0.2) is 5.96 Å². The van der Waals surface area contributed by atoms with Gasteiger partial charge in [-0.1, -0.05) is 18.2 Å². The van der Waals surface area contributed by atoms with Crippen LogP contribution < -0.4 is 16.0 Å². The Hall–Kier alpha value is -2.04. The molecule has 0 aliphatic rings. The van der Waals surface area contributed by atoms with Gasteiger partial charge in [-0.3, -0.25) is 15.2 Å². The van der Waals surface area contributed by atoms with Gasteiger partial charge in [0.1, 0.15) is 0 Å². The zero-order valence-corrected chi connectivity index (χ0v) is 11.3. The van der Waals surface area contributed by atoms with Gasteiger partial charge < -0.3 is 5.73 Å². The molecule has 1 rings (SSSR count). The lowest BCUT2D eigenvalue weighted by Crippen LogP contribution is -2.44. The lowest BCUT2D eigenvalue weighted by Gasteiger charge is -2.21. The molecule has 0 aromatic heterocycles. The standard InChI is InChI=1S/C13H20N4O/c1-5-15-12(14)16-13(18)17(4)11-9(2)7-6-8-10(11)3/h6-8H,5H2,1-4H3,(H3,14,15,16,18). The van der Waals surface area contributed by atoms with Gasteiger partial charge in [-0.2, -0.15) is 0 Å². The molecular weight excluding hydrogens is 228 g/mol. The van der Waals surface area contributed by atoms with Crippen molar-refractivity contribution in [3.63, 3.8) is 0 Å². The van der Waals surface area contributed by atoms with Crippen molar-refractivity contribution in [3.8, 4) is 0 Å². The largest absolute Gasteiger partial charge is 0.370 e. The minimum absolute atomic E-state index is 0.139. The van der Waals surface area contributed by atoms with Gasteiger partial charge in [0.25, 0.3) is 0 Å². The molecule has 0 bridgehead atoms. The number of hydrogen-bond donors (Lipinski definition) is 2. The van der Waals surface area contributed by atoms with E-state index in [1.165, 1.54) is 0 Å². The second kappa shape index (κ2) is 6.05. The summed E-state index contributed by atoms with van der Waals surface area (Å²) in [6, 6.07) is 5.61. The van der Waals surface area contributed by atoms with Crippen LogP contribution in [-0.4, -0.2) is 25.6 Å².